The van der Waals surface area contributed by atoms with Crippen molar-refractivity contribution < 1.29 is 32.3 Å². The van der Waals surface area contributed by atoms with Gasteiger partial charge in [0.15, 0.2) is 18.9 Å². The summed E-state index contributed by atoms with van der Waals surface area (Å²) in [5, 5.41) is 8.76. The molecular weight excluding hydrogens is 442 g/mol. The van der Waals surface area contributed by atoms with Crippen molar-refractivity contribution in [2.24, 2.45) is 0 Å². The van der Waals surface area contributed by atoms with Crippen LogP contribution in [0.1, 0.15) is 25.7 Å². The van der Waals surface area contributed by atoms with Crippen molar-refractivity contribution in [3.63, 3.8) is 0 Å². The molecule has 12 heteroatoms. The van der Waals surface area contributed by atoms with Gasteiger partial charge in [0.2, 0.25) is 0 Å². The number of halogens is 7. The van der Waals surface area contributed by atoms with Gasteiger partial charge in [-0.1, -0.05) is 0 Å². The summed E-state index contributed by atoms with van der Waals surface area (Å²) in [5.74, 6) is 0. The Hall–Kier alpha value is 1.14. The van der Waals surface area contributed by atoms with Crippen LogP contribution in [-0.4, -0.2) is 63.3 Å². The number of alkyl halides is 4. The van der Waals surface area contributed by atoms with Gasteiger partial charge in [0.05, 0.1) is 0 Å². The molecule has 150 valence electrons. The Morgan fingerprint density at radius 3 is 2.04 bits per heavy atom. The van der Waals surface area contributed by atoms with Crippen molar-refractivity contribution in [1.82, 2.24) is 15.5 Å². The van der Waals surface area contributed by atoms with Gasteiger partial charge in [-0.3, -0.25) is 19.9 Å². The second kappa shape index (κ2) is 16.1. The third kappa shape index (κ3) is 17.0. The van der Waals surface area contributed by atoms with Gasteiger partial charge in [0.25, 0.3) is 0 Å². The first-order valence-electron chi connectivity index (χ1n) is 7.95. The Kier molecular flexibility index (Phi) is 16.9. The van der Waals surface area contributed by atoms with Gasteiger partial charge in [-0.15, -0.1) is 6.54 Å². The zero-order valence-corrected chi connectivity index (χ0v) is 17.8. The van der Waals surface area contributed by atoms with Crippen LogP contribution in [0.5, 0.6) is 0 Å². The molecule has 0 amide bonds. The number of rotatable bonds is 0. The van der Waals surface area contributed by atoms with Crippen LogP contribution in [0.3, 0.4) is 0 Å². The van der Waals surface area contributed by atoms with E-state index < -0.39 is 39.9 Å². The van der Waals surface area contributed by atoms with Gasteiger partial charge in [-0.05, 0) is 26.4 Å². The van der Waals surface area contributed by atoms with Crippen LogP contribution in [0.2, 0.25) is 0 Å². The minimum absolute atomic E-state index is 0.0480. The molecule has 0 aromatic carbocycles. The van der Waals surface area contributed by atoms with Gasteiger partial charge in [0.1, 0.15) is 0 Å². The Bertz CT molecular complexity index is 324. The second-order valence-corrected chi connectivity index (χ2v) is 13.2. The SMILES string of the molecule is CN1CCC(F)NCCC(F)NCCC(F)[N-]CCC1F.[Cl][Ti+]([Cl])[Cl]. The Labute approximate surface area is 164 Å². The average Bonchev–Trinajstić information content (AvgIpc) is 2.51. The fourth-order valence-corrected chi connectivity index (χ4v) is 2.02. The molecule has 4 unspecified atom stereocenters. The first kappa shape index (κ1) is 26.1. The van der Waals surface area contributed by atoms with Crippen molar-refractivity contribution in [3.05, 3.63) is 5.32 Å². The first-order chi connectivity index (χ1) is 11.7. The fourth-order valence-electron chi connectivity index (χ4n) is 2.02. The van der Waals surface area contributed by atoms with Crippen molar-refractivity contribution in [3.8, 4) is 0 Å². The molecule has 0 aliphatic carbocycles. The van der Waals surface area contributed by atoms with Crippen LogP contribution in [0.4, 0.5) is 17.6 Å². The summed E-state index contributed by atoms with van der Waals surface area (Å²) in [7, 11) is 16.5. The Morgan fingerprint density at radius 2 is 1.44 bits per heavy atom. The zero-order valence-electron chi connectivity index (χ0n) is 14.0. The maximum absolute atomic E-state index is 13.7. The molecule has 0 bridgehead atoms. The molecule has 0 spiro atoms. The molecule has 1 saturated heterocycles. The monoisotopic (exact) mass is 466 g/mol. The number of nitrogens with one attached hydrogen (secondary N) is 2. The standard InChI is InChI=1S/C13H25F4N4.3ClH.Ti/c1-21-9-5-12(16)19-7-3-10(14)18-6-2-11(15)20-8-4-13(21)17;;;;/h10-13,18-19H,2-9H2,1H3;3*1H;/q-1;;;;+4/p-3. The van der Waals surface area contributed by atoms with E-state index in [4.69, 9.17) is 27.9 Å². The molecular formula is C13H25Cl3F4N4Ti. The Balaban J connectivity index is 0.00000129. The number of nitrogens with zero attached hydrogens (tertiary/aromatic N) is 2. The minimum atomic E-state index is -1.92. The van der Waals surface area contributed by atoms with Gasteiger partial charge in [-0.2, -0.15) is 0 Å². The predicted octanol–water partition coefficient (Wildman–Crippen LogP) is 4.29. The van der Waals surface area contributed by atoms with E-state index in [1.54, 1.807) is 7.05 Å². The molecule has 1 heterocycles. The molecule has 2 N–H and O–H groups in total. The molecule has 0 aromatic heterocycles. The molecule has 1 aliphatic heterocycles. The molecule has 1 fully saturated rings. The quantitative estimate of drug-likeness (QED) is 0.317. The first-order valence-corrected chi connectivity index (χ1v) is 14.4. The summed E-state index contributed by atoms with van der Waals surface area (Å²) in [6.45, 7) is 0.597. The van der Waals surface area contributed by atoms with Crippen LogP contribution in [0.15, 0.2) is 0 Å². The molecule has 0 radical (unpaired) electrons. The van der Waals surface area contributed by atoms with E-state index in [1.807, 2.05) is 0 Å². The van der Waals surface area contributed by atoms with E-state index in [0.29, 0.717) is 0 Å². The van der Waals surface area contributed by atoms with Gasteiger partial charge in [0, 0.05) is 32.2 Å². The summed E-state index contributed by atoms with van der Waals surface area (Å²) < 4.78 is 54.0. The van der Waals surface area contributed by atoms with E-state index in [0.717, 1.165) is 0 Å². The predicted molar refractivity (Wildman–Crippen MR) is 92.5 cm³/mol. The zero-order chi connectivity index (χ0) is 19.2. The van der Waals surface area contributed by atoms with E-state index in [-0.39, 0.29) is 51.9 Å². The number of hydrogen-bond acceptors (Lipinski definition) is 3. The molecule has 25 heavy (non-hydrogen) atoms. The van der Waals surface area contributed by atoms with E-state index in [2.05, 4.69) is 16.0 Å². The van der Waals surface area contributed by atoms with Crippen molar-refractivity contribution in [2.45, 2.75) is 50.9 Å². The van der Waals surface area contributed by atoms with Crippen molar-refractivity contribution in [1.29, 1.82) is 0 Å². The molecule has 4 nitrogen and oxygen atoms in total. The van der Waals surface area contributed by atoms with Crippen LogP contribution in [-0.2, 0) is 14.7 Å². The van der Waals surface area contributed by atoms with Crippen LogP contribution >= 0.6 is 27.9 Å². The van der Waals surface area contributed by atoms with Crippen LogP contribution in [0.25, 0.3) is 5.32 Å². The van der Waals surface area contributed by atoms with Gasteiger partial charge >= 0.3 is 42.6 Å². The third-order valence-corrected chi connectivity index (χ3v) is 3.42. The van der Waals surface area contributed by atoms with Crippen LogP contribution in [0, 0.1) is 0 Å². The van der Waals surface area contributed by atoms with Crippen molar-refractivity contribution >= 4 is 27.9 Å². The topological polar surface area (TPSA) is 41.4 Å². The average molecular weight is 468 g/mol. The number of hydrogen-bond donors (Lipinski definition) is 2. The van der Waals surface area contributed by atoms with Crippen LogP contribution < -0.4 is 10.6 Å². The fraction of sp³-hybridized carbons (Fsp3) is 1.00. The summed E-state index contributed by atoms with van der Waals surface area (Å²) in [6.07, 6.45) is -4.95. The van der Waals surface area contributed by atoms with E-state index >= 15 is 0 Å². The van der Waals surface area contributed by atoms with Crippen molar-refractivity contribution in [2.75, 3.05) is 33.2 Å². The summed E-state index contributed by atoms with van der Waals surface area (Å²) in [4.78, 5) is 1.38. The summed E-state index contributed by atoms with van der Waals surface area (Å²) in [5.41, 5.74) is 0. The molecule has 1 rings (SSSR count). The van der Waals surface area contributed by atoms with E-state index in [9.17, 15) is 17.6 Å². The molecule has 0 saturated carbocycles. The van der Waals surface area contributed by atoms with Gasteiger partial charge in [-0.25, -0.2) is 13.2 Å². The summed E-state index contributed by atoms with van der Waals surface area (Å²) >= 11 is -1.92. The molecule has 4 atom stereocenters. The second-order valence-electron chi connectivity index (χ2n) is 5.47. The molecule has 0 aromatic rings. The van der Waals surface area contributed by atoms with Gasteiger partial charge < -0.3 is 5.32 Å². The third-order valence-electron chi connectivity index (χ3n) is 3.42. The molecule has 1 aliphatic rings. The normalized spacial score (nSPS) is 31.7. The summed E-state index contributed by atoms with van der Waals surface area (Å²) in [6, 6.07) is 0. The maximum atomic E-state index is 13.7. The van der Waals surface area contributed by atoms with E-state index in [1.165, 1.54) is 4.90 Å². The Morgan fingerprint density at radius 1 is 0.920 bits per heavy atom.